The van der Waals surface area contributed by atoms with Gasteiger partial charge in [-0.25, -0.2) is 0 Å². The Morgan fingerprint density at radius 2 is 2.21 bits per heavy atom. The number of rotatable bonds is 4. The summed E-state index contributed by atoms with van der Waals surface area (Å²) in [5.41, 5.74) is 5.63. The molecule has 0 radical (unpaired) electrons. The van der Waals surface area contributed by atoms with Crippen LogP contribution in [0.15, 0.2) is 0 Å². The van der Waals surface area contributed by atoms with Crippen LogP contribution >= 0.6 is 0 Å². The third-order valence-electron chi connectivity index (χ3n) is 3.13. The summed E-state index contributed by atoms with van der Waals surface area (Å²) in [6.45, 7) is 5.79. The third-order valence-corrected chi connectivity index (χ3v) is 3.13. The molecule has 1 fully saturated rings. The van der Waals surface area contributed by atoms with E-state index in [1.54, 1.807) is 7.11 Å². The number of hydrogen-bond acceptors (Lipinski definition) is 3. The Labute approximate surface area is 86.9 Å². The number of hydrogen-bond donors (Lipinski definition) is 1. The van der Waals surface area contributed by atoms with Gasteiger partial charge in [-0.2, -0.15) is 0 Å². The van der Waals surface area contributed by atoms with Crippen molar-refractivity contribution in [2.45, 2.75) is 44.8 Å². The van der Waals surface area contributed by atoms with Crippen LogP contribution in [-0.2, 0) is 9.47 Å². The molecule has 1 aliphatic heterocycles. The topological polar surface area (TPSA) is 44.5 Å². The average Bonchev–Trinajstić information content (AvgIpc) is 2.18. The molecule has 0 aromatic carbocycles. The van der Waals surface area contributed by atoms with E-state index in [1.165, 1.54) is 6.42 Å². The highest BCUT2D eigenvalue weighted by Crippen LogP contribution is 2.27. The molecule has 14 heavy (non-hydrogen) atoms. The Balaban J connectivity index is 2.48. The van der Waals surface area contributed by atoms with Crippen molar-refractivity contribution in [2.24, 2.45) is 11.7 Å². The lowest BCUT2D eigenvalue weighted by Crippen LogP contribution is -2.40. The van der Waals surface area contributed by atoms with Gasteiger partial charge >= 0.3 is 0 Å². The van der Waals surface area contributed by atoms with Crippen LogP contribution in [0.2, 0.25) is 0 Å². The first-order chi connectivity index (χ1) is 6.59. The van der Waals surface area contributed by atoms with Crippen molar-refractivity contribution in [1.29, 1.82) is 0 Å². The molecule has 2 unspecified atom stereocenters. The van der Waals surface area contributed by atoms with Gasteiger partial charge in [-0.05, 0) is 39.2 Å². The highest BCUT2D eigenvalue weighted by Gasteiger charge is 2.30. The lowest BCUT2D eigenvalue weighted by Gasteiger charge is -2.36. The van der Waals surface area contributed by atoms with Gasteiger partial charge in [0.25, 0.3) is 0 Å². The molecule has 0 aliphatic carbocycles. The molecule has 2 N–H and O–H groups in total. The molecule has 0 saturated carbocycles. The molecule has 0 aromatic rings. The van der Waals surface area contributed by atoms with Gasteiger partial charge in [0.15, 0.2) is 0 Å². The van der Waals surface area contributed by atoms with E-state index in [0.717, 1.165) is 26.0 Å². The monoisotopic (exact) mass is 201 g/mol. The minimum absolute atomic E-state index is 0.102. The zero-order valence-corrected chi connectivity index (χ0v) is 9.58. The molecule has 3 heteroatoms. The van der Waals surface area contributed by atoms with E-state index < -0.39 is 0 Å². The maximum absolute atomic E-state index is 5.76. The smallest absolute Gasteiger partial charge is 0.0647 e. The van der Waals surface area contributed by atoms with Crippen molar-refractivity contribution in [1.82, 2.24) is 0 Å². The molecule has 0 amide bonds. The Morgan fingerprint density at radius 3 is 2.79 bits per heavy atom. The van der Waals surface area contributed by atoms with Gasteiger partial charge in [-0.1, -0.05) is 0 Å². The van der Waals surface area contributed by atoms with Crippen LogP contribution in [-0.4, -0.2) is 32.0 Å². The maximum atomic E-state index is 5.76. The lowest BCUT2D eigenvalue weighted by atomic mass is 9.87. The van der Waals surface area contributed by atoms with Crippen LogP contribution in [0.1, 0.15) is 33.1 Å². The first-order valence-electron chi connectivity index (χ1n) is 5.46. The third kappa shape index (κ3) is 3.23. The second kappa shape index (κ2) is 5.10. The fraction of sp³-hybridized carbons (Fsp3) is 1.00. The van der Waals surface area contributed by atoms with Gasteiger partial charge in [-0.3, -0.25) is 0 Å². The van der Waals surface area contributed by atoms with E-state index in [4.69, 9.17) is 15.2 Å². The Bertz CT molecular complexity index is 171. The summed E-state index contributed by atoms with van der Waals surface area (Å²) >= 11 is 0. The molecule has 1 saturated heterocycles. The number of nitrogens with two attached hydrogens (primary N) is 1. The van der Waals surface area contributed by atoms with E-state index in [0.29, 0.717) is 5.92 Å². The zero-order valence-electron chi connectivity index (χ0n) is 9.58. The van der Waals surface area contributed by atoms with Gasteiger partial charge in [0.2, 0.25) is 0 Å². The number of methoxy groups -OCH3 is 1. The van der Waals surface area contributed by atoms with Gasteiger partial charge in [0.1, 0.15) is 0 Å². The fourth-order valence-electron chi connectivity index (χ4n) is 1.97. The van der Waals surface area contributed by atoms with Gasteiger partial charge in [-0.15, -0.1) is 0 Å². The largest absolute Gasteiger partial charge is 0.379 e. The first kappa shape index (κ1) is 12.0. The minimum atomic E-state index is -0.102. The van der Waals surface area contributed by atoms with Crippen molar-refractivity contribution < 1.29 is 9.47 Å². The molecule has 84 valence electrons. The van der Waals surface area contributed by atoms with E-state index in [2.05, 4.69) is 13.8 Å². The van der Waals surface area contributed by atoms with E-state index in [-0.39, 0.29) is 11.7 Å². The zero-order chi connectivity index (χ0) is 10.6. The van der Waals surface area contributed by atoms with Crippen molar-refractivity contribution >= 4 is 0 Å². The molecular formula is C11H23NO2. The second-order valence-corrected chi connectivity index (χ2v) is 4.72. The van der Waals surface area contributed by atoms with Gasteiger partial charge in [0, 0.05) is 20.1 Å². The van der Waals surface area contributed by atoms with Crippen LogP contribution in [0, 0.1) is 5.92 Å². The van der Waals surface area contributed by atoms with E-state index >= 15 is 0 Å². The molecule has 3 nitrogen and oxygen atoms in total. The summed E-state index contributed by atoms with van der Waals surface area (Å²) in [6, 6.07) is 0. The van der Waals surface area contributed by atoms with Crippen molar-refractivity contribution in [3.8, 4) is 0 Å². The molecule has 1 rings (SSSR count). The SMILES string of the molecule is COC(C)(C)CC1OCCCC1CN. The number of ether oxygens (including phenoxy) is 2. The van der Waals surface area contributed by atoms with Crippen molar-refractivity contribution in [3.05, 3.63) is 0 Å². The Hall–Kier alpha value is -0.120. The maximum Gasteiger partial charge on any atom is 0.0647 e. The predicted molar refractivity (Wildman–Crippen MR) is 57.2 cm³/mol. The summed E-state index contributed by atoms with van der Waals surface area (Å²) in [4.78, 5) is 0. The molecule has 1 aliphatic rings. The first-order valence-corrected chi connectivity index (χ1v) is 5.46. The minimum Gasteiger partial charge on any atom is -0.379 e. The van der Waals surface area contributed by atoms with E-state index in [1.807, 2.05) is 0 Å². The molecule has 1 heterocycles. The predicted octanol–water partition coefficient (Wildman–Crippen LogP) is 1.56. The highest BCUT2D eigenvalue weighted by molar-refractivity contribution is 4.82. The Kier molecular flexibility index (Phi) is 4.35. The molecule has 0 bridgehead atoms. The van der Waals surface area contributed by atoms with Crippen molar-refractivity contribution in [2.75, 3.05) is 20.3 Å². The summed E-state index contributed by atoms with van der Waals surface area (Å²) in [6.07, 6.45) is 3.56. The summed E-state index contributed by atoms with van der Waals surface area (Å²) in [5, 5.41) is 0. The quantitative estimate of drug-likeness (QED) is 0.750. The van der Waals surface area contributed by atoms with Crippen LogP contribution in [0.3, 0.4) is 0 Å². The molecule has 0 aromatic heterocycles. The van der Waals surface area contributed by atoms with Gasteiger partial charge in [0.05, 0.1) is 11.7 Å². The van der Waals surface area contributed by atoms with E-state index in [9.17, 15) is 0 Å². The molecule has 0 spiro atoms. The lowest BCUT2D eigenvalue weighted by molar-refractivity contribution is -0.0819. The molecular weight excluding hydrogens is 178 g/mol. The Morgan fingerprint density at radius 1 is 1.50 bits per heavy atom. The molecule has 2 atom stereocenters. The highest BCUT2D eigenvalue weighted by atomic mass is 16.5. The standard InChI is InChI=1S/C11H23NO2/c1-11(2,13-3)7-10-9(8-12)5-4-6-14-10/h9-10H,4-8,12H2,1-3H3. The summed E-state index contributed by atoms with van der Waals surface area (Å²) in [7, 11) is 1.75. The summed E-state index contributed by atoms with van der Waals surface area (Å²) < 4.78 is 11.2. The van der Waals surface area contributed by atoms with Crippen LogP contribution in [0.4, 0.5) is 0 Å². The van der Waals surface area contributed by atoms with Crippen molar-refractivity contribution in [3.63, 3.8) is 0 Å². The fourth-order valence-corrected chi connectivity index (χ4v) is 1.97. The second-order valence-electron chi connectivity index (χ2n) is 4.72. The summed E-state index contributed by atoms with van der Waals surface area (Å²) in [5.74, 6) is 0.512. The normalized spacial score (nSPS) is 29.1. The average molecular weight is 201 g/mol. The van der Waals surface area contributed by atoms with Crippen LogP contribution in [0.5, 0.6) is 0 Å². The van der Waals surface area contributed by atoms with Gasteiger partial charge < -0.3 is 15.2 Å². The van der Waals surface area contributed by atoms with Crippen LogP contribution in [0.25, 0.3) is 0 Å². The van der Waals surface area contributed by atoms with Crippen LogP contribution < -0.4 is 5.73 Å².